The van der Waals surface area contributed by atoms with Gasteiger partial charge in [0.05, 0.1) is 11.1 Å². The Morgan fingerprint density at radius 3 is 3.15 bits per heavy atom. The first-order valence-electron chi connectivity index (χ1n) is 4.26. The highest BCUT2D eigenvalue weighted by atomic mass is 79.9. The van der Waals surface area contributed by atoms with E-state index in [0.717, 1.165) is 23.4 Å². The van der Waals surface area contributed by atoms with Gasteiger partial charge in [-0.3, -0.25) is 0 Å². The molecule has 1 aromatic rings. The summed E-state index contributed by atoms with van der Waals surface area (Å²) in [5.41, 5.74) is 0. The van der Waals surface area contributed by atoms with Crippen molar-refractivity contribution in [2.75, 3.05) is 25.1 Å². The normalized spacial score (nSPS) is 10.0. The molecule has 0 saturated carbocycles. The van der Waals surface area contributed by atoms with E-state index in [-0.39, 0.29) is 0 Å². The number of nitrogens with one attached hydrogen (secondary N) is 1. The fraction of sp³-hybridized carbons (Fsp3) is 0.444. The van der Waals surface area contributed by atoms with Gasteiger partial charge < -0.3 is 10.1 Å². The van der Waals surface area contributed by atoms with E-state index in [0.29, 0.717) is 6.61 Å². The molecular weight excluding hydrogens is 232 g/mol. The first-order valence-corrected chi connectivity index (χ1v) is 5.06. The van der Waals surface area contributed by atoms with E-state index in [1.165, 1.54) is 0 Å². The van der Waals surface area contributed by atoms with E-state index in [2.05, 4.69) is 26.2 Å². The molecule has 0 aromatic carbocycles. The van der Waals surface area contributed by atoms with Crippen LogP contribution in [-0.2, 0) is 4.74 Å². The molecule has 72 valence electrons. The Morgan fingerprint density at radius 1 is 1.62 bits per heavy atom. The molecule has 4 heteroatoms. The van der Waals surface area contributed by atoms with Crippen molar-refractivity contribution >= 4 is 21.7 Å². The van der Waals surface area contributed by atoms with Crippen molar-refractivity contribution < 1.29 is 4.74 Å². The van der Waals surface area contributed by atoms with Crippen LogP contribution in [0.15, 0.2) is 22.8 Å². The first kappa shape index (κ1) is 10.5. The molecule has 0 unspecified atom stereocenters. The van der Waals surface area contributed by atoms with E-state index < -0.39 is 0 Å². The third-order valence-corrected chi connectivity index (χ3v) is 2.14. The Hall–Kier alpha value is -0.610. The Labute approximate surface area is 86.6 Å². The lowest BCUT2D eigenvalue weighted by Crippen LogP contribution is -2.10. The zero-order valence-corrected chi connectivity index (χ0v) is 9.17. The molecule has 1 aromatic heterocycles. The van der Waals surface area contributed by atoms with Gasteiger partial charge in [-0.1, -0.05) is 0 Å². The second kappa shape index (κ2) is 5.94. The minimum Gasteiger partial charge on any atom is -0.380 e. The lowest BCUT2D eigenvalue weighted by molar-refractivity contribution is 0.158. The smallest absolute Gasteiger partial charge is 0.140 e. The van der Waals surface area contributed by atoms with E-state index in [9.17, 15) is 0 Å². The summed E-state index contributed by atoms with van der Waals surface area (Å²) in [4.78, 5) is 4.16. The number of rotatable bonds is 5. The van der Waals surface area contributed by atoms with Gasteiger partial charge in [-0.15, -0.1) is 0 Å². The maximum Gasteiger partial charge on any atom is 0.140 e. The van der Waals surface area contributed by atoms with Crippen LogP contribution < -0.4 is 5.32 Å². The third-order valence-electron chi connectivity index (χ3n) is 1.50. The van der Waals surface area contributed by atoms with Crippen molar-refractivity contribution in [3.8, 4) is 0 Å². The van der Waals surface area contributed by atoms with Crippen molar-refractivity contribution in [1.82, 2.24) is 4.98 Å². The predicted octanol–water partition coefficient (Wildman–Crippen LogP) is 2.29. The van der Waals surface area contributed by atoms with Crippen LogP contribution in [-0.4, -0.2) is 24.7 Å². The van der Waals surface area contributed by atoms with E-state index >= 15 is 0 Å². The molecule has 0 fully saturated rings. The predicted molar refractivity (Wildman–Crippen MR) is 56.9 cm³/mol. The fourth-order valence-electron chi connectivity index (χ4n) is 0.902. The summed E-state index contributed by atoms with van der Waals surface area (Å²) in [6, 6.07) is 3.84. The highest BCUT2D eigenvalue weighted by Crippen LogP contribution is 2.17. The standard InChI is InChI=1S/C9H13BrN2O/c1-2-13-7-6-12-9-8(10)4-3-5-11-9/h3-5H,2,6-7H2,1H3,(H,11,12). The van der Waals surface area contributed by atoms with Crippen molar-refractivity contribution in [3.05, 3.63) is 22.8 Å². The van der Waals surface area contributed by atoms with Crippen LogP contribution in [0.3, 0.4) is 0 Å². The molecule has 1 N–H and O–H groups in total. The number of pyridine rings is 1. The lowest BCUT2D eigenvalue weighted by Gasteiger charge is -2.06. The van der Waals surface area contributed by atoms with Crippen LogP contribution in [0.4, 0.5) is 5.82 Å². The molecule has 0 aliphatic rings. The quantitative estimate of drug-likeness (QED) is 0.808. The maximum absolute atomic E-state index is 5.19. The maximum atomic E-state index is 5.19. The molecule has 3 nitrogen and oxygen atoms in total. The molecular formula is C9H13BrN2O. The summed E-state index contributed by atoms with van der Waals surface area (Å²) >= 11 is 3.40. The first-order chi connectivity index (χ1) is 6.34. The van der Waals surface area contributed by atoms with Gasteiger partial charge in [0.2, 0.25) is 0 Å². The molecule has 0 spiro atoms. The zero-order valence-electron chi connectivity index (χ0n) is 7.59. The highest BCUT2D eigenvalue weighted by Gasteiger charge is 1.97. The fourth-order valence-corrected chi connectivity index (χ4v) is 1.30. The minimum atomic E-state index is 0.708. The van der Waals surface area contributed by atoms with Gasteiger partial charge in [0, 0.05) is 19.3 Å². The number of hydrogen-bond acceptors (Lipinski definition) is 3. The van der Waals surface area contributed by atoms with Crippen molar-refractivity contribution in [2.45, 2.75) is 6.92 Å². The van der Waals surface area contributed by atoms with Gasteiger partial charge in [-0.25, -0.2) is 4.98 Å². The van der Waals surface area contributed by atoms with E-state index in [1.807, 2.05) is 19.1 Å². The monoisotopic (exact) mass is 244 g/mol. The van der Waals surface area contributed by atoms with E-state index in [1.54, 1.807) is 6.20 Å². The van der Waals surface area contributed by atoms with Crippen molar-refractivity contribution in [2.24, 2.45) is 0 Å². The minimum absolute atomic E-state index is 0.708. The molecule has 0 aliphatic heterocycles. The van der Waals surface area contributed by atoms with Gasteiger partial charge in [-0.2, -0.15) is 0 Å². The number of nitrogens with zero attached hydrogens (tertiary/aromatic N) is 1. The van der Waals surface area contributed by atoms with Gasteiger partial charge in [0.1, 0.15) is 5.82 Å². The summed E-state index contributed by atoms with van der Waals surface area (Å²) in [6.07, 6.45) is 1.76. The molecule has 0 saturated heterocycles. The molecule has 1 heterocycles. The highest BCUT2D eigenvalue weighted by molar-refractivity contribution is 9.10. The third kappa shape index (κ3) is 3.74. The topological polar surface area (TPSA) is 34.1 Å². The van der Waals surface area contributed by atoms with Crippen LogP contribution in [0, 0.1) is 0 Å². The van der Waals surface area contributed by atoms with Crippen molar-refractivity contribution in [1.29, 1.82) is 0 Å². The van der Waals surface area contributed by atoms with Crippen molar-refractivity contribution in [3.63, 3.8) is 0 Å². The van der Waals surface area contributed by atoms with Gasteiger partial charge in [0.25, 0.3) is 0 Å². The molecule has 0 atom stereocenters. The zero-order chi connectivity index (χ0) is 9.52. The SMILES string of the molecule is CCOCCNc1ncccc1Br. The van der Waals surface area contributed by atoms with Crippen LogP contribution in [0.2, 0.25) is 0 Å². The Morgan fingerprint density at radius 2 is 2.46 bits per heavy atom. The Balaban J connectivity index is 2.32. The molecule has 1 rings (SSSR count). The second-order valence-electron chi connectivity index (χ2n) is 2.46. The number of halogens is 1. The Bertz CT molecular complexity index is 255. The number of anilines is 1. The molecule has 0 amide bonds. The number of ether oxygens (including phenoxy) is 1. The van der Waals surface area contributed by atoms with Gasteiger partial charge in [0.15, 0.2) is 0 Å². The number of aromatic nitrogens is 1. The summed E-state index contributed by atoms with van der Waals surface area (Å²) in [5, 5.41) is 3.16. The largest absolute Gasteiger partial charge is 0.380 e. The van der Waals surface area contributed by atoms with Crippen LogP contribution in [0.5, 0.6) is 0 Å². The average molecular weight is 245 g/mol. The molecule has 0 radical (unpaired) electrons. The second-order valence-corrected chi connectivity index (χ2v) is 3.31. The lowest BCUT2D eigenvalue weighted by atomic mass is 10.4. The van der Waals surface area contributed by atoms with Crippen LogP contribution in [0.25, 0.3) is 0 Å². The summed E-state index contributed by atoms with van der Waals surface area (Å²) < 4.78 is 6.17. The molecule has 13 heavy (non-hydrogen) atoms. The molecule has 0 aliphatic carbocycles. The molecule has 0 bridgehead atoms. The number of hydrogen-bond donors (Lipinski definition) is 1. The van der Waals surface area contributed by atoms with Gasteiger partial charge in [-0.05, 0) is 35.0 Å². The van der Waals surface area contributed by atoms with E-state index in [4.69, 9.17) is 4.74 Å². The summed E-state index contributed by atoms with van der Waals surface area (Å²) in [7, 11) is 0. The Kier molecular flexibility index (Phi) is 4.78. The van der Waals surface area contributed by atoms with Crippen LogP contribution >= 0.6 is 15.9 Å². The summed E-state index contributed by atoms with van der Waals surface area (Å²) in [6.45, 7) is 4.23. The van der Waals surface area contributed by atoms with Crippen LogP contribution in [0.1, 0.15) is 6.92 Å². The summed E-state index contributed by atoms with van der Waals surface area (Å²) in [5.74, 6) is 0.863. The average Bonchev–Trinajstić information content (AvgIpc) is 2.15. The van der Waals surface area contributed by atoms with Gasteiger partial charge >= 0.3 is 0 Å².